The summed E-state index contributed by atoms with van der Waals surface area (Å²) in [5, 5.41) is 0. The summed E-state index contributed by atoms with van der Waals surface area (Å²) in [4.78, 5) is 0. The van der Waals surface area contributed by atoms with Crippen molar-refractivity contribution in [3.63, 3.8) is 0 Å². The molecule has 0 heterocycles. The molecule has 2 aliphatic rings. The molecule has 186 valence electrons. The van der Waals surface area contributed by atoms with Gasteiger partial charge in [-0.3, -0.25) is 0 Å². The van der Waals surface area contributed by atoms with Crippen LogP contribution in [-0.2, 0) is 6.42 Å². The summed E-state index contributed by atoms with van der Waals surface area (Å²) in [5.41, 5.74) is 4.12. The number of hydrogen-bond acceptors (Lipinski definition) is 2. The van der Waals surface area contributed by atoms with E-state index in [1.54, 1.807) is 19.8 Å². The smallest absolute Gasteiger partial charge is 0.122 e. The van der Waals surface area contributed by atoms with Gasteiger partial charge in [-0.1, -0.05) is 69.7 Å². The number of methoxy groups -OCH3 is 2. The van der Waals surface area contributed by atoms with Crippen LogP contribution < -0.4 is 9.47 Å². The lowest BCUT2D eigenvalue weighted by atomic mass is 9.68. The van der Waals surface area contributed by atoms with Crippen LogP contribution in [-0.4, -0.2) is 14.2 Å². The number of rotatable bonds is 10. The molecule has 2 heteroatoms. The summed E-state index contributed by atoms with van der Waals surface area (Å²) in [7, 11) is 3.42. The van der Waals surface area contributed by atoms with Crippen LogP contribution in [0.5, 0.6) is 11.5 Å². The first kappa shape index (κ1) is 25.1. The van der Waals surface area contributed by atoms with E-state index < -0.39 is 0 Å². The minimum atomic E-state index is 0.757. The van der Waals surface area contributed by atoms with E-state index in [9.17, 15) is 0 Å². The van der Waals surface area contributed by atoms with Crippen LogP contribution in [0.2, 0.25) is 0 Å². The van der Waals surface area contributed by atoms with Crippen molar-refractivity contribution < 1.29 is 9.47 Å². The molecule has 2 nitrogen and oxygen atoms in total. The Bertz CT molecular complexity index is 833. The SMILES string of the molecule is CCCCCC1CCC(C2CCC(c3ccc(Cc4cc(OC)cc(OC)c4)cc3)CC2)CC1. The lowest BCUT2D eigenvalue weighted by Gasteiger charge is -2.38. The van der Waals surface area contributed by atoms with Crippen molar-refractivity contribution in [2.45, 2.75) is 96.3 Å². The number of unbranched alkanes of at least 4 members (excludes halogenated alkanes) is 2. The maximum Gasteiger partial charge on any atom is 0.122 e. The summed E-state index contributed by atoms with van der Waals surface area (Å²) in [5.74, 6) is 5.52. The second-order valence-electron chi connectivity index (χ2n) is 11.0. The maximum absolute atomic E-state index is 5.43. The van der Waals surface area contributed by atoms with Gasteiger partial charge in [0.2, 0.25) is 0 Å². The van der Waals surface area contributed by atoms with Crippen molar-refractivity contribution in [2.24, 2.45) is 17.8 Å². The van der Waals surface area contributed by atoms with Gasteiger partial charge in [-0.25, -0.2) is 0 Å². The second-order valence-corrected chi connectivity index (χ2v) is 11.0. The van der Waals surface area contributed by atoms with E-state index in [1.807, 2.05) is 6.07 Å². The Morgan fingerprint density at radius 1 is 0.676 bits per heavy atom. The van der Waals surface area contributed by atoms with Crippen molar-refractivity contribution in [1.82, 2.24) is 0 Å². The standard InChI is InChI=1S/C32H46O2/c1-4-5-6-7-24-8-12-27(13-9-24)29-16-18-30(19-17-29)28-14-10-25(11-15-28)20-26-21-31(33-2)23-32(22-26)34-3/h10-11,14-15,21-24,27,29-30H,4-9,12-13,16-20H2,1-3H3. The lowest BCUT2D eigenvalue weighted by Crippen LogP contribution is -2.25. The Labute approximate surface area is 208 Å². The quantitative estimate of drug-likeness (QED) is 0.328. The number of ether oxygens (including phenoxy) is 2. The molecular formula is C32H46O2. The van der Waals surface area contributed by atoms with Crippen LogP contribution in [0.1, 0.15) is 107 Å². The predicted molar refractivity (Wildman–Crippen MR) is 143 cm³/mol. The van der Waals surface area contributed by atoms with Gasteiger partial charge in [0.25, 0.3) is 0 Å². The zero-order valence-electron chi connectivity index (χ0n) is 21.9. The average Bonchev–Trinajstić information content (AvgIpc) is 2.89. The molecular weight excluding hydrogens is 416 g/mol. The zero-order valence-corrected chi connectivity index (χ0v) is 21.9. The molecule has 34 heavy (non-hydrogen) atoms. The third-order valence-corrected chi connectivity index (χ3v) is 8.82. The van der Waals surface area contributed by atoms with Crippen LogP contribution >= 0.6 is 0 Å². The fraction of sp³-hybridized carbons (Fsp3) is 0.625. The van der Waals surface area contributed by atoms with Gasteiger partial charge in [-0.15, -0.1) is 0 Å². The molecule has 0 bridgehead atoms. The molecule has 2 aromatic carbocycles. The molecule has 0 atom stereocenters. The van der Waals surface area contributed by atoms with Crippen LogP contribution in [0, 0.1) is 17.8 Å². The number of hydrogen-bond donors (Lipinski definition) is 0. The van der Waals surface area contributed by atoms with Crippen molar-refractivity contribution in [1.29, 1.82) is 0 Å². The van der Waals surface area contributed by atoms with Crippen molar-refractivity contribution in [2.75, 3.05) is 14.2 Å². The van der Waals surface area contributed by atoms with Crippen molar-refractivity contribution >= 4 is 0 Å². The van der Waals surface area contributed by atoms with E-state index in [-0.39, 0.29) is 0 Å². The second kappa shape index (κ2) is 12.7. The van der Waals surface area contributed by atoms with E-state index in [1.165, 1.54) is 88.2 Å². The van der Waals surface area contributed by atoms with E-state index in [0.717, 1.165) is 41.6 Å². The van der Waals surface area contributed by atoms with Crippen LogP contribution in [0.25, 0.3) is 0 Å². The highest BCUT2D eigenvalue weighted by Crippen LogP contribution is 2.44. The molecule has 2 saturated carbocycles. The molecule has 0 N–H and O–H groups in total. The molecule has 0 aromatic heterocycles. The van der Waals surface area contributed by atoms with E-state index in [4.69, 9.17) is 9.47 Å². The predicted octanol–water partition coefficient (Wildman–Crippen LogP) is 8.96. The Balaban J connectivity index is 1.24. The Kier molecular flexibility index (Phi) is 9.36. The van der Waals surface area contributed by atoms with Gasteiger partial charge in [0.05, 0.1) is 14.2 Å². The van der Waals surface area contributed by atoms with E-state index >= 15 is 0 Å². The van der Waals surface area contributed by atoms with Gasteiger partial charge in [0.15, 0.2) is 0 Å². The third kappa shape index (κ3) is 6.80. The summed E-state index contributed by atoms with van der Waals surface area (Å²) < 4.78 is 10.9. The highest BCUT2D eigenvalue weighted by atomic mass is 16.5. The normalized spacial score (nSPS) is 25.1. The molecule has 2 fully saturated rings. The summed E-state index contributed by atoms with van der Waals surface area (Å²) in [6.45, 7) is 2.32. The van der Waals surface area contributed by atoms with Crippen LogP contribution in [0.15, 0.2) is 42.5 Å². The lowest BCUT2D eigenvalue weighted by molar-refractivity contribution is 0.155. The third-order valence-electron chi connectivity index (χ3n) is 8.82. The van der Waals surface area contributed by atoms with Crippen LogP contribution in [0.3, 0.4) is 0 Å². The van der Waals surface area contributed by atoms with Crippen molar-refractivity contribution in [3.05, 3.63) is 59.2 Å². The van der Waals surface area contributed by atoms with Gasteiger partial charge in [-0.05, 0) is 97.4 Å². The summed E-state index contributed by atoms with van der Waals surface area (Å²) in [6.07, 6.45) is 18.3. The molecule has 2 aliphatic carbocycles. The van der Waals surface area contributed by atoms with Gasteiger partial charge in [-0.2, -0.15) is 0 Å². The van der Waals surface area contributed by atoms with Gasteiger partial charge < -0.3 is 9.47 Å². The molecule has 4 rings (SSSR count). The first-order valence-corrected chi connectivity index (χ1v) is 14.0. The monoisotopic (exact) mass is 462 g/mol. The highest BCUT2D eigenvalue weighted by Gasteiger charge is 2.31. The Morgan fingerprint density at radius 2 is 1.26 bits per heavy atom. The van der Waals surface area contributed by atoms with E-state index in [0.29, 0.717) is 0 Å². The van der Waals surface area contributed by atoms with E-state index in [2.05, 4.69) is 43.3 Å². The topological polar surface area (TPSA) is 18.5 Å². The van der Waals surface area contributed by atoms with Crippen molar-refractivity contribution in [3.8, 4) is 11.5 Å². The largest absolute Gasteiger partial charge is 0.497 e. The van der Waals surface area contributed by atoms with Gasteiger partial charge >= 0.3 is 0 Å². The highest BCUT2D eigenvalue weighted by molar-refractivity contribution is 5.41. The molecule has 0 aliphatic heterocycles. The average molecular weight is 463 g/mol. The zero-order chi connectivity index (χ0) is 23.8. The Morgan fingerprint density at radius 3 is 1.82 bits per heavy atom. The first-order valence-electron chi connectivity index (χ1n) is 14.0. The first-order chi connectivity index (χ1) is 16.7. The van der Waals surface area contributed by atoms with Gasteiger partial charge in [0, 0.05) is 6.07 Å². The van der Waals surface area contributed by atoms with Crippen LogP contribution in [0.4, 0.5) is 0 Å². The Hall–Kier alpha value is -1.96. The minimum absolute atomic E-state index is 0.757. The fourth-order valence-corrected chi connectivity index (χ4v) is 6.67. The number of benzene rings is 2. The molecule has 0 saturated heterocycles. The molecule has 0 unspecified atom stereocenters. The molecule has 2 aromatic rings. The maximum atomic E-state index is 5.43. The molecule has 0 amide bonds. The minimum Gasteiger partial charge on any atom is -0.497 e. The molecule has 0 radical (unpaired) electrons. The summed E-state index contributed by atoms with van der Waals surface area (Å²) in [6, 6.07) is 15.6. The summed E-state index contributed by atoms with van der Waals surface area (Å²) >= 11 is 0. The van der Waals surface area contributed by atoms with Gasteiger partial charge in [0.1, 0.15) is 11.5 Å². The fourth-order valence-electron chi connectivity index (χ4n) is 6.67. The molecule has 0 spiro atoms.